The number of hydrogen-bond donors (Lipinski definition) is 2. The van der Waals surface area contributed by atoms with Crippen molar-refractivity contribution in [2.24, 2.45) is 5.14 Å². The van der Waals surface area contributed by atoms with Crippen LogP contribution in [-0.2, 0) is 14.8 Å². The van der Waals surface area contributed by atoms with Gasteiger partial charge in [0.15, 0.2) is 0 Å². The van der Waals surface area contributed by atoms with Crippen LogP contribution in [0.5, 0.6) is 5.75 Å². The number of halogens is 1. The summed E-state index contributed by atoms with van der Waals surface area (Å²) in [6.45, 7) is 2.06. The molecule has 0 aliphatic carbocycles. The first kappa shape index (κ1) is 19.0. The van der Waals surface area contributed by atoms with Crippen LogP contribution in [-0.4, -0.2) is 27.1 Å². The van der Waals surface area contributed by atoms with Crippen LogP contribution in [0.2, 0.25) is 0 Å². The molecule has 1 aliphatic rings. The van der Waals surface area contributed by atoms with Gasteiger partial charge in [0.25, 0.3) is 0 Å². The van der Waals surface area contributed by atoms with E-state index in [2.05, 4.69) is 5.32 Å². The van der Waals surface area contributed by atoms with Crippen molar-refractivity contribution in [2.45, 2.75) is 18.1 Å². The average molecular weight is 392 g/mol. The molecule has 9 heteroatoms. The highest BCUT2D eigenvalue weighted by molar-refractivity contribution is 7.89. The molecule has 1 unspecified atom stereocenters. The van der Waals surface area contributed by atoms with Crippen molar-refractivity contribution in [2.75, 3.05) is 11.9 Å². The summed E-state index contributed by atoms with van der Waals surface area (Å²) in [6, 6.07) is 9.34. The number of nitrogens with two attached hydrogens (primary N) is 1. The fourth-order valence-corrected chi connectivity index (χ4v) is 3.05. The number of benzene rings is 2. The maximum Gasteiger partial charge on any atom is 0.238 e. The molecule has 0 radical (unpaired) electrons. The van der Waals surface area contributed by atoms with Gasteiger partial charge >= 0.3 is 0 Å². The lowest BCUT2D eigenvalue weighted by Gasteiger charge is -2.27. The number of sulfonamides is 1. The molecule has 0 bridgehead atoms. The fourth-order valence-electron chi connectivity index (χ4n) is 2.53. The molecule has 0 saturated carbocycles. The number of ketones is 1. The van der Waals surface area contributed by atoms with Crippen LogP contribution < -0.4 is 15.2 Å². The molecule has 1 heterocycles. The van der Waals surface area contributed by atoms with E-state index in [1.165, 1.54) is 42.6 Å². The van der Waals surface area contributed by atoms with Crippen LogP contribution in [0.25, 0.3) is 0 Å². The van der Waals surface area contributed by atoms with Gasteiger partial charge in [-0.1, -0.05) is 0 Å². The first-order valence-electron chi connectivity index (χ1n) is 8.01. The normalized spacial score (nSPS) is 18.1. The molecule has 1 aliphatic heterocycles. The Bertz CT molecular complexity index is 1000. The molecular weight excluding hydrogens is 375 g/mol. The van der Waals surface area contributed by atoms with E-state index in [0.29, 0.717) is 12.3 Å². The Hall–Kier alpha value is -2.75. The average Bonchev–Trinajstić information content (AvgIpc) is 2.62. The Labute approximate surface area is 155 Å². The third-order valence-corrected chi connectivity index (χ3v) is 4.76. The van der Waals surface area contributed by atoms with Gasteiger partial charge in [0.1, 0.15) is 11.6 Å². The summed E-state index contributed by atoms with van der Waals surface area (Å²) in [5, 5.41) is 7.94. The molecule has 1 atom stereocenters. The molecule has 2 aromatic rings. The van der Waals surface area contributed by atoms with Crippen molar-refractivity contribution in [1.82, 2.24) is 0 Å². The molecule has 27 heavy (non-hydrogen) atoms. The largest absolute Gasteiger partial charge is 0.460 e. The molecule has 0 amide bonds. The predicted molar refractivity (Wildman–Crippen MR) is 96.3 cm³/mol. The molecule has 0 aromatic heterocycles. The third kappa shape index (κ3) is 4.16. The Morgan fingerprint density at radius 3 is 2.59 bits per heavy atom. The lowest BCUT2D eigenvalue weighted by atomic mass is 9.99. The van der Waals surface area contributed by atoms with Crippen molar-refractivity contribution >= 4 is 21.5 Å². The fraction of sp³-hybridized carbons (Fsp3) is 0.167. The number of primary sulfonamides is 1. The summed E-state index contributed by atoms with van der Waals surface area (Å²) in [5.41, 5.74) is 0.775. The van der Waals surface area contributed by atoms with Crippen molar-refractivity contribution in [3.05, 3.63) is 65.6 Å². The summed E-state index contributed by atoms with van der Waals surface area (Å²) in [7, 11) is -3.79. The number of carbonyl (C=O) groups is 1. The first-order valence-corrected chi connectivity index (χ1v) is 9.56. The van der Waals surface area contributed by atoms with Crippen molar-refractivity contribution in [3.8, 4) is 5.75 Å². The van der Waals surface area contributed by atoms with E-state index >= 15 is 0 Å². The van der Waals surface area contributed by atoms with Crippen LogP contribution in [0, 0.1) is 5.82 Å². The van der Waals surface area contributed by atoms with Gasteiger partial charge in [0, 0.05) is 18.5 Å². The number of carbonyl (C=O) groups excluding carboxylic acids is 1. The molecule has 3 N–H and O–H groups in total. The maximum absolute atomic E-state index is 13.5. The van der Waals surface area contributed by atoms with Gasteiger partial charge in [0.2, 0.25) is 22.1 Å². The van der Waals surface area contributed by atoms with Crippen LogP contribution in [0.15, 0.2) is 59.1 Å². The van der Waals surface area contributed by atoms with Crippen LogP contribution >= 0.6 is 0 Å². The highest BCUT2D eigenvalue weighted by Gasteiger charge is 2.32. The van der Waals surface area contributed by atoms with Gasteiger partial charge < -0.3 is 14.8 Å². The first-order chi connectivity index (χ1) is 12.8. The standard InChI is InChI=1S/C18H17FN2O5S/c1-2-25-18-15(17(22)14-9-11(19)3-8-16(14)26-18)10-21-12-4-6-13(7-5-12)27(20,23)24/h3-10,18,21H,2H2,1H3,(H2,20,23,24)/b15-10+. The second-order valence-corrected chi connectivity index (χ2v) is 7.25. The molecule has 7 nitrogen and oxygen atoms in total. The highest BCUT2D eigenvalue weighted by Crippen LogP contribution is 2.31. The number of anilines is 1. The lowest BCUT2D eigenvalue weighted by molar-refractivity contribution is -0.0510. The molecule has 3 rings (SSSR count). The molecule has 142 valence electrons. The van der Waals surface area contributed by atoms with Gasteiger partial charge in [-0.25, -0.2) is 17.9 Å². The number of ether oxygens (including phenoxy) is 2. The Morgan fingerprint density at radius 1 is 1.26 bits per heavy atom. The Kier molecular flexibility index (Phi) is 5.26. The van der Waals surface area contributed by atoms with Crippen LogP contribution in [0.4, 0.5) is 10.1 Å². The smallest absolute Gasteiger partial charge is 0.238 e. The minimum Gasteiger partial charge on any atom is -0.460 e. The summed E-state index contributed by atoms with van der Waals surface area (Å²) >= 11 is 0. The minimum atomic E-state index is -3.79. The zero-order valence-corrected chi connectivity index (χ0v) is 15.1. The number of nitrogens with one attached hydrogen (secondary N) is 1. The van der Waals surface area contributed by atoms with Crippen molar-refractivity contribution < 1.29 is 27.1 Å². The molecule has 0 fully saturated rings. The van der Waals surface area contributed by atoms with Gasteiger partial charge in [-0.05, 0) is 49.4 Å². The zero-order chi connectivity index (χ0) is 19.6. The zero-order valence-electron chi connectivity index (χ0n) is 14.3. The van der Waals surface area contributed by atoms with E-state index in [-0.39, 0.29) is 21.8 Å². The van der Waals surface area contributed by atoms with Gasteiger partial charge in [-0.2, -0.15) is 0 Å². The summed E-state index contributed by atoms with van der Waals surface area (Å²) < 4.78 is 47.2. The second kappa shape index (κ2) is 7.47. The van der Waals surface area contributed by atoms with E-state index in [0.717, 1.165) is 6.07 Å². The maximum atomic E-state index is 13.5. The van der Waals surface area contributed by atoms with Gasteiger partial charge in [-0.3, -0.25) is 4.79 Å². The predicted octanol–water partition coefficient (Wildman–Crippen LogP) is 2.41. The minimum absolute atomic E-state index is 0.0330. The van der Waals surface area contributed by atoms with Crippen molar-refractivity contribution in [1.29, 1.82) is 0 Å². The summed E-state index contributed by atoms with van der Waals surface area (Å²) in [6.07, 6.45) is 0.444. The van der Waals surface area contributed by atoms with Crippen LogP contribution in [0.3, 0.4) is 0 Å². The number of fused-ring (bicyclic) bond motifs is 1. The quantitative estimate of drug-likeness (QED) is 0.757. The number of rotatable bonds is 5. The van der Waals surface area contributed by atoms with Crippen LogP contribution in [0.1, 0.15) is 17.3 Å². The molecule has 2 aromatic carbocycles. The van der Waals surface area contributed by atoms with Gasteiger partial charge in [0.05, 0.1) is 16.0 Å². The Balaban J connectivity index is 1.89. The lowest BCUT2D eigenvalue weighted by Crippen LogP contribution is -2.33. The second-order valence-electron chi connectivity index (χ2n) is 5.69. The SMILES string of the molecule is CCOC1Oc2ccc(F)cc2C(=O)/C1=C\Nc1ccc(S(N)(=O)=O)cc1. The van der Waals surface area contributed by atoms with Gasteiger partial charge in [-0.15, -0.1) is 0 Å². The topological polar surface area (TPSA) is 108 Å². The number of hydrogen-bond acceptors (Lipinski definition) is 6. The van der Waals surface area contributed by atoms with E-state index in [9.17, 15) is 17.6 Å². The summed E-state index contributed by atoms with van der Waals surface area (Å²) in [5.74, 6) is -0.733. The van der Waals surface area contributed by atoms with E-state index in [4.69, 9.17) is 14.6 Å². The van der Waals surface area contributed by atoms with E-state index in [1.807, 2.05) is 0 Å². The molecule has 0 spiro atoms. The molecular formula is C18H17FN2O5S. The third-order valence-electron chi connectivity index (χ3n) is 3.83. The van der Waals surface area contributed by atoms with E-state index < -0.39 is 27.9 Å². The molecule has 0 saturated heterocycles. The Morgan fingerprint density at radius 2 is 1.96 bits per heavy atom. The monoisotopic (exact) mass is 392 g/mol. The van der Waals surface area contributed by atoms with Crippen molar-refractivity contribution in [3.63, 3.8) is 0 Å². The number of Topliss-reactive ketones (excluding diaryl/α,β-unsaturated/α-hetero) is 1. The van der Waals surface area contributed by atoms with E-state index in [1.54, 1.807) is 6.92 Å². The highest BCUT2D eigenvalue weighted by atomic mass is 32.2. The summed E-state index contributed by atoms with van der Waals surface area (Å²) in [4.78, 5) is 12.7.